The van der Waals surface area contributed by atoms with E-state index >= 15 is 0 Å². The number of hydrogen-bond acceptors (Lipinski definition) is 1. The van der Waals surface area contributed by atoms with Crippen LogP contribution in [0.4, 0.5) is 0 Å². The topological polar surface area (TPSA) is 12.0 Å². The molecule has 3 heteroatoms. The highest BCUT2D eigenvalue weighted by molar-refractivity contribution is 6.42. The van der Waals surface area contributed by atoms with Gasteiger partial charge in [-0.05, 0) is 43.5 Å². The van der Waals surface area contributed by atoms with Crippen LogP contribution in [0.15, 0.2) is 18.2 Å². The maximum atomic E-state index is 6.18. The molecular weight excluding hydrogens is 265 g/mol. The summed E-state index contributed by atoms with van der Waals surface area (Å²) in [5.74, 6) is 0. The van der Waals surface area contributed by atoms with Crippen molar-refractivity contribution in [2.45, 2.75) is 44.4 Å². The first-order valence-electron chi connectivity index (χ1n) is 6.84. The lowest BCUT2D eigenvalue weighted by Gasteiger charge is -2.38. The van der Waals surface area contributed by atoms with Gasteiger partial charge in [-0.1, -0.05) is 49.0 Å². The first-order valence-corrected chi connectivity index (χ1v) is 7.60. The first kappa shape index (κ1) is 14.2. The van der Waals surface area contributed by atoms with E-state index in [1.807, 2.05) is 6.07 Å². The molecule has 18 heavy (non-hydrogen) atoms. The van der Waals surface area contributed by atoms with Crippen LogP contribution < -0.4 is 5.32 Å². The highest BCUT2D eigenvalue weighted by Gasteiger charge is 2.33. The van der Waals surface area contributed by atoms with Gasteiger partial charge in [-0.15, -0.1) is 0 Å². The highest BCUT2D eigenvalue weighted by atomic mass is 35.5. The van der Waals surface area contributed by atoms with Crippen LogP contribution >= 0.6 is 23.2 Å². The summed E-state index contributed by atoms with van der Waals surface area (Å²) < 4.78 is 0. The number of hydrogen-bond donors (Lipinski definition) is 1. The molecule has 0 aromatic heterocycles. The van der Waals surface area contributed by atoms with Crippen molar-refractivity contribution < 1.29 is 0 Å². The van der Waals surface area contributed by atoms with Gasteiger partial charge in [-0.2, -0.15) is 0 Å². The Labute approximate surface area is 120 Å². The Hall–Kier alpha value is -0.240. The highest BCUT2D eigenvalue weighted by Crippen LogP contribution is 2.38. The third-order valence-electron chi connectivity index (χ3n) is 4.01. The summed E-state index contributed by atoms with van der Waals surface area (Å²) in [5.41, 5.74) is 1.60. The summed E-state index contributed by atoms with van der Waals surface area (Å²) in [5, 5.41) is 4.87. The molecular formula is C15H21Cl2N. The first-order chi connectivity index (χ1) is 8.68. The second-order valence-corrected chi connectivity index (χ2v) is 6.11. The lowest BCUT2D eigenvalue weighted by molar-refractivity contribution is 0.286. The molecule has 1 fully saturated rings. The van der Waals surface area contributed by atoms with Crippen molar-refractivity contribution in [2.24, 2.45) is 0 Å². The van der Waals surface area contributed by atoms with Crippen LogP contribution in [0, 0.1) is 0 Å². The molecule has 0 spiro atoms. The van der Waals surface area contributed by atoms with Gasteiger partial charge in [0.2, 0.25) is 0 Å². The van der Waals surface area contributed by atoms with E-state index in [1.54, 1.807) is 0 Å². The Bertz CT molecular complexity index is 397. The van der Waals surface area contributed by atoms with Crippen molar-refractivity contribution in [3.8, 4) is 0 Å². The molecule has 100 valence electrons. The predicted molar refractivity (Wildman–Crippen MR) is 79.8 cm³/mol. The predicted octanol–water partition coefficient (Wildman–Crippen LogP) is 4.80. The van der Waals surface area contributed by atoms with Gasteiger partial charge in [0.25, 0.3) is 0 Å². The fraction of sp³-hybridized carbons (Fsp3) is 0.600. The van der Waals surface area contributed by atoms with Crippen molar-refractivity contribution in [1.29, 1.82) is 0 Å². The normalized spacial score (nSPS) is 24.2. The molecule has 1 aromatic rings. The Morgan fingerprint density at radius 1 is 1.28 bits per heavy atom. The summed E-state index contributed by atoms with van der Waals surface area (Å²) in [6, 6.07) is 6.14. The largest absolute Gasteiger partial charge is 0.316 e. The van der Waals surface area contributed by atoms with Crippen LogP contribution in [-0.4, -0.2) is 13.1 Å². The monoisotopic (exact) mass is 285 g/mol. The second kappa shape index (κ2) is 6.27. The zero-order chi connectivity index (χ0) is 13.0. The standard InChI is InChI=1S/C15H21Cl2N/c1-2-3-7-15(8-4-9-18-11-15)12-5-6-13(16)14(17)10-12/h5-6,10,18H,2-4,7-9,11H2,1H3. The van der Waals surface area contributed by atoms with Crippen molar-refractivity contribution in [3.05, 3.63) is 33.8 Å². The van der Waals surface area contributed by atoms with Crippen molar-refractivity contribution in [2.75, 3.05) is 13.1 Å². The molecule has 0 amide bonds. The Kier molecular flexibility index (Phi) is 4.94. The van der Waals surface area contributed by atoms with Crippen LogP contribution in [0.2, 0.25) is 10.0 Å². The molecule has 1 aliphatic heterocycles. The van der Waals surface area contributed by atoms with Crippen molar-refractivity contribution in [3.63, 3.8) is 0 Å². The fourth-order valence-electron chi connectivity index (χ4n) is 2.91. The zero-order valence-corrected chi connectivity index (χ0v) is 12.4. The number of unbranched alkanes of at least 4 members (excludes halogenated alkanes) is 1. The molecule has 1 aromatic carbocycles. The van der Waals surface area contributed by atoms with E-state index in [9.17, 15) is 0 Å². The average molecular weight is 286 g/mol. The summed E-state index contributed by atoms with van der Waals surface area (Å²) in [6.07, 6.45) is 6.22. The van der Waals surface area contributed by atoms with Crippen LogP contribution in [0.5, 0.6) is 0 Å². The second-order valence-electron chi connectivity index (χ2n) is 5.29. The smallest absolute Gasteiger partial charge is 0.0595 e. The molecule has 2 rings (SSSR count). The van der Waals surface area contributed by atoms with Gasteiger partial charge in [0.15, 0.2) is 0 Å². The van der Waals surface area contributed by atoms with Gasteiger partial charge in [0.1, 0.15) is 0 Å². The molecule has 1 N–H and O–H groups in total. The molecule has 1 aliphatic rings. The summed E-state index contributed by atoms with van der Waals surface area (Å²) in [6.45, 7) is 4.44. The lowest BCUT2D eigenvalue weighted by atomic mass is 9.71. The minimum Gasteiger partial charge on any atom is -0.316 e. The van der Waals surface area contributed by atoms with Gasteiger partial charge in [-0.3, -0.25) is 0 Å². The number of benzene rings is 1. The van der Waals surface area contributed by atoms with Gasteiger partial charge >= 0.3 is 0 Å². The molecule has 1 atom stereocenters. The number of halogens is 2. The Morgan fingerprint density at radius 3 is 2.72 bits per heavy atom. The minimum absolute atomic E-state index is 0.252. The Morgan fingerprint density at radius 2 is 2.11 bits per heavy atom. The van der Waals surface area contributed by atoms with E-state index in [1.165, 1.54) is 37.7 Å². The van der Waals surface area contributed by atoms with Crippen LogP contribution in [0.1, 0.15) is 44.6 Å². The third kappa shape index (κ3) is 3.01. The molecule has 0 aliphatic carbocycles. The van der Waals surface area contributed by atoms with E-state index in [2.05, 4.69) is 24.4 Å². The zero-order valence-electron chi connectivity index (χ0n) is 10.9. The lowest BCUT2D eigenvalue weighted by Crippen LogP contribution is -2.43. The molecule has 0 saturated carbocycles. The van der Waals surface area contributed by atoms with Gasteiger partial charge in [0, 0.05) is 12.0 Å². The maximum absolute atomic E-state index is 6.18. The van der Waals surface area contributed by atoms with E-state index < -0.39 is 0 Å². The van der Waals surface area contributed by atoms with E-state index in [4.69, 9.17) is 23.2 Å². The average Bonchev–Trinajstić information content (AvgIpc) is 2.40. The molecule has 0 radical (unpaired) electrons. The molecule has 1 unspecified atom stereocenters. The van der Waals surface area contributed by atoms with E-state index in [0.29, 0.717) is 10.0 Å². The summed E-state index contributed by atoms with van der Waals surface area (Å²) >= 11 is 12.2. The van der Waals surface area contributed by atoms with Gasteiger partial charge in [-0.25, -0.2) is 0 Å². The summed E-state index contributed by atoms with van der Waals surface area (Å²) in [7, 11) is 0. The molecule has 1 nitrogen and oxygen atoms in total. The van der Waals surface area contributed by atoms with E-state index in [-0.39, 0.29) is 5.41 Å². The van der Waals surface area contributed by atoms with Crippen LogP contribution in [0.25, 0.3) is 0 Å². The van der Waals surface area contributed by atoms with E-state index in [0.717, 1.165) is 13.1 Å². The Balaban J connectivity index is 2.29. The van der Waals surface area contributed by atoms with Crippen LogP contribution in [0.3, 0.4) is 0 Å². The summed E-state index contributed by atoms with van der Waals surface area (Å²) in [4.78, 5) is 0. The molecule has 1 heterocycles. The maximum Gasteiger partial charge on any atom is 0.0595 e. The molecule has 1 saturated heterocycles. The van der Waals surface area contributed by atoms with Crippen molar-refractivity contribution >= 4 is 23.2 Å². The third-order valence-corrected chi connectivity index (χ3v) is 4.75. The number of rotatable bonds is 4. The van der Waals surface area contributed by atoms with Gasteiger partial charge < -0.3 is 5.32 Å². The minimum atomic E-state index is 0.252. The number of piperidine rings is 1. The fourth-order valence-corrected chi connectivity index (χ4v) is 3.21. The van der Waals surface area contributed by atoms with Gasteiger partial charge in [0.05, 0.1) is 10.0 Å². The van der Waals surface area contributed by atoms with Crippen LogP contribution in [-0.2, 0) is 5.41 Å². The van der Waals surface area contributed by atoms with Crippen molar-refractivity contribution in [1.82, 2.24) is 5.32 Å². The number of nitrogens with one attached hydrogen (secondary N) is 1. The quantitative estimate of drug-likeness (QED) is 0.838. The molecule has 0 bridgehead atoms. The SMILES string of the molecule is CCCCC1(c2ccc(Cl)c(Cl)c2)CCCNC1.